The van der Waals surface area contributed by atoms with Crippen LogP contribution in [0.25, 0.3) is 0 Å². The van der Waals surface area contributed by atoms with Crippen molar-refractivity contribution in [3.05, 3.63) is 94.8 Å². The summed E-state index contributed by atoms with van der Waals surface area (Å²) in [6.45, 7) is -0.0529. The van der Waals surface area contributed by atoms with Crippen LogP contribution in [0.1, 0.15) is 26.3 Å². The second-order valence-corrected chi connectivity index (χ2v) is 6.50. The van der Waals surface area contributed by atoms with Gasteiger partial charge in [-0.05, 0) is 24.3 Å². The first-order chi connectivity index (χ1) is 13.4. The summed E-state index contributed by atoms with van der Waals surface area (Å²) in [4.78, 5) is 36.6. The number of benzene rings is 2. The number of nitrogens with one attached hydrogen (secondary N) is 1. The van der Waals surface area contributed by atoms with Crippen LogP contribution >= 0.6 is 11.6 Å². The van der Waals surface area contributed by atoms with E-state index in [0.717, 1.165) is 0 Å². The zero-order valence-electron chi connectivity index (χ0n) is 14.8. The molecule has 2 amide bonds. The highest BCUT2D eigenvalue weighted by atomic mass is 35.5. The number of carbonyl (C=O) groups excluding carboxylic acids is 3. The lowest BCUT2D eigenvalue weighted by molar-refractivity contribution is -0.684. The van der Waals surface area contributed by atoms with Gasteiger partial charge in [-0.15, -0.1) is 0 Å². The summed E-state index contributed by atoms with van der Waals surface area (Å²) in [6, 6.07) is 16.6. The first-order valence-corrected chi connectivity index (χ1v) is 8.80. The number of nitrogens with two attached hydrogens (primary N) is 1. The van der Waals surface area contributed by atoms with E-state index in [-0.39, 0.29) is 18.2 Å². The molecular formula is C21H17ClN3O3+. The second-order valence-electron chi connectivity index (χ2n) is 6.06. The first-order valence-electron chi connectivity index (χ1n) is 8.42. The Bertz CT molecular complexity index is 1050. The van der Waals surface area contributed by atoms with E-state index < -0.39 is 5.91 Å². The number of carbonyl (C=O) groups is 3. The Morgan fingerprint density at radius 1 is 0.964 bits per heavy atom. The number of amides is 2. The van der Waals surface area contributed by atoms with Crippen molar-refractivity contribution in [1.82, 2.24) is 0 Å². The number of pyridine rings is 1. The Balaban J connectivity index is 1.82. The fourth-order valence-electron chi connectivity index (χ4n) is 2.68. The van der Waals surface area contributed by atoms with Crippen molar-refractivity contribution >= 4 is 34.9 Å². The average Bonchev–Trinajstić information content (AvgIpc) is 2.69. The number of primary amides is 1. The lowest BCUT2D eigenvalue weighted by Gasteiger charge is -2.10. The van der Waals surface area contributed by atoms with Crippen molar-refractivity contribution in [2.45, 2.75) is 6.54 Å². The Morgan fingerprint density at radius 3 is 2.39 bits per heavy atom. The predicted molar refractivity (Wildman–Crippen MR) is 105 cm³/mol. The number of anilines is 1. The van der Waals surface area contributed by atoms with E-state index in [1.54, 1.807) is 54.7 Å². The molecule has 0 aliphatic carbocycles. The van der Waals surface area contributed by atoms with E-state index in [2.05, 4.69) is 5.32 Å². The molecule has 0 spiro atoms. The number of hydrogen-bond donors (Lipinski definition) is 2. The summed E-state index contributed by atoms with van der Waals surface area (Å²) in [5.74, 6) is -1.19. The van der Waals surface area contributed by atoms with E-state index in [9.17, 15) is 14.4 Å². The Labute approximate surface area is 166 Å². The zero-order valence-corrected chi connectivity index (χ0v) is 15.5. The summed E-state index contributed by atoms with van der Waals surface area (Å²) in [6.07, 6.45) is 3.13. The van der Waals surface area contributed by atoms with E-state index in [4.69, 9.17) is 17.3 Å². The molecule has 6 nitrogen and oxygen atoms in total. The summed E-state index contributed by atoms with van der Waals surface area (Å²) in [5.41, 5.74) is 6.69. The maximum Gasteiger partial charge on any atom is 0.290 e. The molecule has 3 N–H and O–H groups in total. The summed E-state index contributed by atoms with van der Waals surface area (Å²) in [7, 11) is 0. The van der Waals surface area contributed by atoms with Gasteiger partial charge in [0.05, 0.1) is 5.69 Å². The van der Waals surface area contributed by atoms with Crippen LogP contribution in [-0.2, 0) is 11.3 Å². The normalized spacial score (nSPS) is 10.3. The minimum atomic E-state index is -0.580. The van der Waals surface area contributed by atoms with E-state index in [0.29, 0.717) is 27.4 Å². The molecule has 0 aliphatic rings. The number of rotatable bonds is 6. The first kappa shape index (κ1) is 19.3. The Morgan fingerprint density at radius 2 is 1.68 bits per heavy atom. The van der Waals surface area contributed by atoms with Gasteiger partial charge in [0.2, 0.25) is 6.54 Å². The highest BCUT2D eigenvalue weighted by Gasteiger charge is 2.18. The minimum Gasteiger partial charge on any atom is -0.365 e. The SMILES string of the molecule is NC(=O)c1ccc[n+](CC(=O)Nc2ccc(Cl)cc2C(=O)c2ccccc2)c1. The summed E-state index contributed by atoms with van der Waals surface area (Å²) in [5, 5.41) is 3.12. The Hall–Kier alpha value is -3.51. The topological polar surface area (TPSA) is 93.1 Å². The van der Waals surface area contributed by atoms with Crippen LogP contribution in [-0.4, -0.2) is 17.6 Å². The van der Waals surface area contributed by atoms with Crippen molar-refractivity contribution in [3.8, 4) is 0 Å². The molecule has 0 atom stereocenters. The zero-order chi connectivity index (χ0) is 20.1. The molecule has 0 fully saturated rings. The maximum atomic E-state index is 12.8. The van der Waals surface area contributed by atoms with Gasteiger partial charge in [-0.1, -0.05) is 41.9 Å². The van der Waals surface area contributed by atoms with Gasteiger partial charge < -0.3 is 11.1 Å². The van der Waals surface area contributed by atoms with Gasteiger partial charge in [0.25, 0.3) is 11.8 Å². The Kier molecular flexibility index (Phi) is 5.81. The third-order valence-corrected chi connectivity index (χ3v) is 4.24. The molecule has 0 bridgehead atoms. The highest BCUT2D eigenvalue weighted by molar-refractivity contribution is 6.31. The van der Waals surface area contributed by atoms with Gasteiger partial charge in [-0.3, -0.25) is 14.4 Å². The van der Waals surface area contributed by atoms with Crippen molar-refractivity contribution in [2.75, 3.05) is 5.32 Å². The highest BCUT2D eigenvalue weighted by Crippen LogP contribution is 2.23. The quantitative estimate of drug-likeness (QED) is 0.497. The lowest BCUT2D eigenvalue weighted by Crippen LogP contribution is -2.40. The van der Waals surface area contributed by atoms with Crippen LogP contribution in [0.3, 0.4) is 0 Å². The molecule has 0 saturated heterocycles. The van der Waals surface area contributed by atoms with Gasteiger partial charge in [0.15, 0.2) is 18.2 Å². The number of halogens is 1. The van der Waals surface area contributed by atoms with Crippen LogP contribution in [0.15, 0.2) is 73.1 Å². The molecule has 0 radical (unpaired) electrons. The monoisotopic (exact) mass is 394 g/mol. The van der Waals surface area contributed by atoms with Gasteiger partial charge in [-0.25, -0.2) is 0 Å². The smallest absolute Gasteiger partial charge is 0.290 e. The molecule has 7 heteroatoms. The van der Waals surface area contributed by atoms with Crippen LogP contribution < -0.4 is 15.6 Å². The molecule has 1 heterocycles. The number of hydrogen-bond acceptors (Lipinski definition) is 3. The molecule has 140 valence electrons. The minimum absolute atomic E-state index is 0.0529. The molecule has 3 rings (SSSR count). The molecule has 1 aromatic heterocycles. The van der Waals surface area contributed by atoms with Crippen molar-refractivity contribution in [1.29, 1.82) is 0 Å². The van der Waals surface area contributed by atoms with E-state index >= 15 is 0 Å². The van der Waals surface area contributed by atoms with Crippen LogP contribution in [0.5, 0.6) is 0 Å². The van der Waals surface area contributed by atoms with E-state index in [1.807, 2.05) is 6.07 Å². The van der Waals surface area contributed by atoms with Crippen LogP contribution in [0.2, 0.25) is 5.02 Å². The third kappa shape index (κ3) is 4.61. The van der Waals surface area contributed by atoms with Crippen molar-refractivity contribution in [2.24, 2.45) is 5.73 Å². The fourth-order valence-corrected chi connectivity index (χ4v) is 2.85. The van der Waals surface area contributed by atoms with E-state index in [1.165, 1.54) is 16.8 Å². The molecule has 3 aromatic rings. The molecule has 2 aromatic carbocycles. The van der Waals surface area contributed by atoms with Gasteiger partial charge in [-0.2, -0.15) is 4.57 Å². The molecule has 0 unspecified atom stereocenters. The van der Waals surface area contributed by atoms with Gasteiger partial charge in [0, 0.05) is 22.2 Å². The molecule has 28 heavy (non-hydrogen) atoms. The third-order valence-electron chi connectivity index (χ3n) is 4.01. The van der Waals surface area contributed by atoms with Crippen LogP contribution in [0, 0.1) is 0 Å². The second kappa shape index (κ2) is 8.45. The number of nitrogens with zero attached hydrogens (tertiary/aromatic N) is 1. The molecular weight excluding hydrogens is 378 g/mol. The fraction of sp³-hybridized carbons (Fsp3) is 0.0476. The number of ketones is 1. The van der Waals surface area contributed by atoms with Crippen molar-refractivity contribution in [3.63, 3.8) is 0 Å². The summed E-state index contributed by atoms with van der Waals surface area (Å²) >= 11 is 6.05. The molecule has 0 saturated carbocycles. The summed E-state index contributed by atoms with van der Waals surface area (Å²) < 4.78 is 1.53. The van der Waals surface area contributed by atoms with Gasteiger partial charge in [0.1, 0.15) is 5.56 Å². The predicted octanol–water partition coefficient (Wildman–Crippen LogP) is 2.60. The lowest BCUT2D eigenvalue weighted by atomic mass is 10.0. The van der Waals surface area contributed by atoms with Gasteiger partial charge >= 0.3 is 0 Å². The maximum absolute atomic E-state index is 12.8. The number of aromatic nitrogens is 1. The van der Waals surface area contributed by atoms with Crippen molar-refractivity contribution < 1.29 is 19.0 Å². The largest absolute Gasteiger partial charge is 0.365 e. The molecule has 0 aliphatic heterocycles. The standard InChI is InChI=1S/C21H16ClN3O3/c22-16-8-9-18(17(11-16)20(27)14-5-2-1-3-6-14)24-19(26)13-25-10-4-7-15(12-25)21(23)28/h1-12H,13H2,(H2-,23,24,26,27,28)/p+1. The van der Waals surface area contributed by atoms with Crippen LogP contribution in [0.4, 0.5) is 5.69 Å². The average molecular weight is 395 g/mol.